The molecule has 4 heteroatoms. The molecule has 1 aliphatic rings. The zero-order valence-corrected chi connectivity index (χ0v) is 12.3. The van der Waals surface area contributed by atoms with Gasteiger partial charge in [0.05, 0.1) is 10.9 Å². The maximum atomic E-state index is 13.5. The predicted molar refractivity (Wildman–Crippen MR) is 72.3 cm³/mol. The summed E-state index contributed by atoms with van der Waals surface area (Å²) < 4.78 is 18.8. The van der Waals surface area contributed by atoms with Crippen molar-refractivity contribution in [2.24, 2.45) is 16.7 Å². The van der Waals surface area contributed by atoms with E-state index in [2.05, 4.69) is 0 Å². The lowest BCUT2D eigenvalue weighted by Gasteiger charge is -2.08. The summed E-state index contributed by atoms with van der Waals surface area (Å²) in [7, 11) is 0. The van der Waals surface area contributed by atoms with Crippen molar-refractivity contribution < 1.29 is 13.9 Å². The third-order valence-electron chi connectivity index (χ3n) is 4.68. The van der Waals surface area contributed by atoms with E-state index < -0.39 is 5.82 Å². The summed E-state index contributed by atoms with van der Waals surface area (Å²) in [6.45, 7) is 8.03. The molecular weight excluding hydrogens is 267 g/mol. The fraction of sp³-hybridized carbons (Fsp3) is 0.533. The van der Waals surface area contributed by atoms with Crippen molar-refractivity contribution >= 4 is 17.6 Å². The number of halogens is 2. The molecule has 2 nitrogen and oxygen atoms in total. The van der Waals surface area contributed by atoms with Gasteiger partial charge in [0.25, 0.3) is 0 Å². The molecule has 0 aliphatic heterocycles. The Hall–Kier alpha value is -1.09. The first-order chi connectivity index (χ1) is 8.69. The van der Waals surface area contributed by atoms with Gasteiger partial charge in [0.1, 0.15) is 12.4 Å². The maximum Gasteiger partial charge on any atom is 0.310 e. The van der Waals surface area contributed by atoms with Crippen molar-refractivity contribution in [3.63, 3.8) is 0 Å². The number of carbonyl (C=O) groups excluding carboxylic acids is 1. The van der Waals surface area contributed by atoms with Crippen LogP contribution in [0.1, 0.15) is 33.3 Å². The molecule has 0 bridgehead atoms. The normalized spacial score (nSPS) is 20.1. The van der Waals surface area contributed by atoms with Crippen LogP contribution in [0.25, 0.3) is 0 Å². The number of ether oxygens (including phenoxy) is 1. The third kappa shape index (κ3) is 2.25. The zero-order chi connectivity index (χ0) is 14.4. The monoisotopic (exact) mass is 284 g/mol. The minimum atomic E-state index is -0.449. The topological polar surface area (TPSA) is 26.3 Å². The fourth-order valence-corrected chi connectivity index (χ4v) is 2.90. The highest BCUT2D eigenvalue weighted by molar-refractivity contribution is 6.31. The van der Waals surface area contributed by atoms with E-state index in [1.54, 1.807) is 6.07 Å². The van der Waals surface area contributed by atoms with Crippen molar-refractivity contribution in [2.75, 3.05) is 0 Å². The van der Waals surface area contributed by atoms with Crippen molar-refractivity contribution in [1.82, 2.24) is 0 Å². The van der Waals surface area contributed by atoms with E-state index in [-0.39, 0.29) is 39.9 Å². The SMILES string of the molecule is CC1(C)C(C(=O)OCc2c(F)cccc2Cl)C1(C)C. The molecule has 1 aromatic rings. The van der Waals surface area contributed by atoms with Gasteiger partial charge in [0.2, 0.25) is 0 Å². The smallest absolute Gasteiger partial charge is 0.310 e. The summed E-state index contributed by atoms with van der Waals surface area (Å²) in [5, 5.41) is 0.280. The maximum absolute atomic E-state index is 13.5. The largest absolute Gasteiger partial charge is 0.460 e. The second kappa shape index (κ2) is 4.48. The first kappa shape index (κ1) is 14.3. The van der Waals surface area contributed by atoms with Crippen LogP contribution >= 0.6 is 11.6 Å². The Bertz CT molecular complexity index is 489. The first-order valence-corrected chi connectivity index (χ1v) is 6.67. The summed E-state index contributed by atoms with van der Waals surface area (Å²) in [5.74, 6) is -0.880. The Morgan fingerprint density at radius 3 is 2.37 bits per heavy atom. The number of carbonyl (C=O) groups is 1. The molecule has 1 aromatic carbocycles. The molecule has 0 aromatic heterocycles. The summed E-state index contributed by atoms with van der Waals surface area (Å²) >= 11 is 5.89. The van der Waals surface area contributed by atoms with Gasteiger partial charge in [0.15, 0.2) is 0 Å². The van der Waals surface area contributed by atoms with Crippen LogP contribution in [-0.2, 0) is 16.1 Å². The Balaban J connectivity index is 2.03. The molecule has 0 saturated heterocycles. The number of hydrogen-bond donors (Lipinski definition) is 0. The Labute approximate surface area is 117 Å². The minimum Gasteiger partial charge on any atom is -0.460 e. The van der Waals surface area contributed by atoms with E-state index in [0.29, 0.717) is 0 Å². The van der Waals surface area contributed by atoms with Crippen LogP contribution in [0.15, 0.2) is 18.2 Å². The van der Waals surface area contributed by atoms with Crippen LogP contribution in [0.3, 0.4) is 0 Å². The minimum absolute atomic E-state index is 0.0802. The van der Waals surface area contributed by atoms with Gasteiger partial charge in [-0.15, -0.1) is 0 Å². The molecule has 0 radical (unpaired) electrons. The molecule has 2 rings (SSSR count). The lowest BCUT2D eigenvalue weighted by atomic mass is 10.0. The Morgan fingerprint density at radius 2 is 1.89 bits per heavy atom. The second-order valence-corrected chi connectivity index (χ2v) is 6.59. The summed E-state index contributed by atoms with van der Waals surface area (Å²) in [6.07, 6.45) is 0. The Morgan fingerprint density at radius 1 is 1.32 bits per heavy atom. The van der Waals surface area contributed by atoms with Crippen molar-refractivity contribution in [1.29, 1.82) is 0 Å². The van der Waals surface area contributed by atoms with Gasteiger partial charge in [-0.2, -0.15) is 0 Å². The highest BCUT2D eigenvalue weighted by Gasteiger charge is 2.69. The van der Waals surface area contributed by atoms with Crippen molar-refractivity contribution in [3.8, 4) is 0 Å². The number of benzene rings is 1. The van der Waals surface area contributed by atoms with E-state index in [1.807, 2.05) is 27.7 Å². The van der Waals surface area contributed by atoms with Crippen molar-refractivity contribution in [3.05, 3.63) is 34.6 Å². The number of hydrogen-bond acceptors (Lipinski definition) is 2. The zero-order valence-electron chi connectivity index (χ0n) is 11.6. The van der Waals surface area contributed by atoms with E-state index >= 15 is 0 Å². The quantitative estimate of drug-likeness (QED) is 0.778. The third-order valence-corrected chi connectivity index (χ3v) is 5.03. The van der Waals surface area contributed by atoms with Gasteiger partial charge in [-0.1, -0.05) is 45.4 Å². The molecule has 0 N–H and O–H groups in total. The van der Waals surface area contributed by atoms with Gasteiger partial charge >= 0.3 is 5.97 Å². The molecule has 1 saturated carbocycles. The number of rotatable bonds is 3. The van der Waals surface area contributed by atoms with Crippen LogP contribution in [0.4, 0.5) is 4.39 Å². The van der Waals surface area contributed by atoms with Crippen molar-refractivity contribution in [2.45, 2.75) is 34.3 Å². The van der Waals surface area contributed by atoms with Crippen LogP contribution in [0.2, 0.25) is 5.02 Å². The molecule has 0 spiro atoms. The molecule has 104 valence electrons. The van der Waals surface area contributed by atoms with E-state index in [1.165, 1.54) is 12.1 Å². The lowest BCUT2D eigenvalue weighted by molar-refractivity contribution is -0.148. The Kier molecular flexibility index (Phi) is 3.38. The van der Waals surface area contributed by atoms with Crippen LogP contribution in [0, 0.1) is 22.6 Å². The fourth-order valence-electron chi connectivity index (χ4n) is 2.68. The van der Waals surface area contributed by atoms with Gasteiger partial charge in [-0.3, -0.25) is 4.79 Å². The summed E-state index contributed by atoms with van der Waals surface area (Å²) in [6, 6.07) is 4.41. The molecule has 1 aliphatic carbocycles. The second-order valence-electron chi connectivity index (χ2n) is 6.18. The van der Waals surface area contributed by atoms with E-state index in [0.717, 1.165) is 0 Å². The molecule has 0 atom stereocenters. The molecule has 0 heterocycles. The lowest BCUT2D eigenvalue weighted by Crippen LogP contribution is -2.12. The average Bonchev–Trinajstić information content (AvgIpc) is 2.68. The molecule has 0 unspecified atom stereocenters. The van der Waals surface area contributed by atoms with Gasteiger partial charge in [0, 0.05) is 5.56 Å². The molecule has 19 heavy (non-hydrogen) atoms. The molecular formula is C15H18ClFO2. The van der Waals surface area contributed by atoms with Crippen LogP contribution in [-0.4, -0.2) is 5.97 Å². The predicted octanol–water partition coefficient (Wildman–Crippen LogP) is 4.20. The van der Waals surface area contributed by atoms with Crippen LogP contribution < -0.4 is 0 Å². The average molecular weight is 285 g/mol. The highest BCUT2D eigenvalue weighted by atomic mass is 35.5. The van der Waals surface area contributed by atoms with Crippen LogP contribution in [0.5, 0.6) is 0 Å². The number of esters is 1. The van der Waals surface area contributed by atoms with E-state index in [9.17, 15) is 9.18 Å². The molecule has 1 fully saturated rings. The van der Waals surface area contributed by atoms with E-state index in [4.69, 9.17) is 16.3 Å². The van der Waals surface area contributed by atoms with Gasteiger partial charge in [-0.05, 0) is 23.0 Å². The molecule has 0 amide bonds. The summed E-state index contributed by atoms with van der Waals surface area (Å²) in [5.41, 5.74) is 0.0699. The van der Waals surface area contributed by atoms with Gasteiger partial charge in [-0.25, -0.2) is 4.39 Å². The van der Waals surface area contributed by atoms with Gasteiger partial charge < -0.3 is 4.74 Å². The standard InChI is InChI=1S/C15H18ClFO2/c1-14(2)12(15(14,3)4)13(18)19-8-9-10(16)6-5-7-11(9)17/h5-7,12H,8H2,1-4H3. The first-order valence-electron chi connectivity index (χ1n) is 6.29. The highest BCUT2D eigenvalue weighted by Crippen LogP contribution is 2.68. The summed E-state index contributed by atoms with van der Waals surface area (Å²) in [4.78, 5) is 12.0.